The smallest absolute Gasteiger partial charge is 0.416 e. The Kier molecular flexibility index (Phi) is 6.99. The summed E-state index contributed by atoms with van der Waals surface area (Å²) in [4.78, 5) is 11.6. The van der Waals surface area contributed by atoms with Gasteiger partial charge in [-0.3, -0.25) is 4.79 Å². The van der Waals surface area contributed by atoms with E-state index >= 15 is 0 Å². The van der Waals surface area contributed by atoms with Crippen molar-refractivity contribution in [1.82, 2.24) is 5.32 Å². The summed E-state index contributed by atoms with van der Waals surface area (Å²) in [5.74, 6) is 0.314. The third-order valence-electron chi connectivity index (χ3n) is 5.84. The lowest BCUT2D eigenvalue weighted by Crippen LogP contribution is -2.44. The van der Waals surface area contributed by atoms with E-state index < -0.39 is 11.7 Å². The Morgan fingerprint density at radius 3 is 2.43 bits per heavy atom. The topological polar surface area (TPSA) is 47.6 Å². The molecule has 0 radical (unpaired) electrons. The molecular weight excluding hydrogens is 371 g/mol. The molecule has 156 valence electrons. The van der Waals surface area contributed by atoms with Crippen LogP contribution in [0.5, 0.6) is 0 Å². The molecule has 4 nitrogen and oxygen atoms in total. The lowest BCUT2D eigenvalue weighted by molar-refractivity contribution is -0.148. The van der Waals surface area contributed by atoms with Gasteiger partial charge < -0.3 is 14.8 Å². The first kappa shape index (κ1) is 21.1. The monoisotopic (exact) mass is 399 g/mol. The van der Waals surface area contributed by atoms with Crippen LogP contribution >= 0.6 is 0 Å². The number of methoxy groups -OCH3 is 1. The maximum Gasteiger partial charge on any atom is 0.416 e. The molecule has 1 saturated carbocycles. The molecule has 1 N–H and O–H groups in total. The van der Waals surface area contributed by atoms with Gasteiger partial charge in [-0.2, -0.15) is 13.2 Å². The minimum atomic E-state index is -4.36. The molecule has 2 fully saturated rings. The molecule has 3 atom stereocenters. The molecule has 1 aliphatic heterocycles. The molecule has 1 saturated heterocycles. The summed E-state index contributed by atoms with van der Waals surface area (Å²) in [6.45, 7) is 0.896. The van der Waals surface area contributed by atoms with E-state index in [1.807, 2.05) is 0 Å². The number of ether oxygens (including phenoxy) is 2. The number of rotatable bonds is 6. The number of hydrogen-bond acceptors (Lipinski definition) is 4. The average molecular weight is 399 g/mol. The minimum Gasteiger partial charge on any atom is -0.469 e. The summed E-state index contributed by atoms with van der Waals surface area (Å²) in [6, 6.07) is 5.18. The number of halogens is 3. The van der Waals surface area contributed by atoms with Crippen molar-refractivity contribution in [3.8, 4) is 0 Å². The van der Waals surface area contributed by atoms with Crippen LogP contribution in [0.25, 0.3) is 0 Å². The summed E-state index contributed by atoms with van der Waals surface area (Å²) in [5.41, 5.74) is 0.0279. The first-order chi connectivity index (χ1) is 13.4. The van der Waals surface area contributed by atoms with Crippen LogP contribution in [-0.4, -0.2) is 31.8 Å². The molecule has 0 amide bonds. The van der Waals surface area contributed by atoms with Gasteiger partial charge in [0.15, 0.2) is 0 Å². The van der Waals surface area contributed by atoms with E-state index in [1.54, 1.807) is 0 Å². The van der Waals surface area contributed by atoms with E-state index in [4.69, 9.17) is 9.47 Å². The molecule has 2 aliphatic rings. The Morgan fingerprint density at radius 2 is 1.82 bits per heavy atom. The van der Waals surface area contributed by atoms with Gasteiger partial charge in [-0.05, 0) is 55.8 Å². The average Bonchev–Trinajstić information content (AvgIpc) is 3.20. The number of carbonyl (C=O) groups is 1. The van der Waals surface area contributed by atoms with Crippen molar-refractivity contribution < 1.29 is 27.4 Å². The third kappa shape index (κ3) is 5.47. The summed E-state index contributed by atoms with van der Waals surface area (Å²) in [5, 5.41) is 3.58. The van der Waals surface area contributed by atoms with Crippen LogP contribution in [0.15, 0.2) is 24.3 Å². The predicted molar refractivity (Wildman–Crippen MR) is 98.7 cm³/mol. The quantitative estimate of drug-likeness (QED) is 0.708. The molecule has 0 bridgehead atoms. The van der Waals surface area contributed by atoms with Crippen LogP contribution in [0.4, 0.5) is 13.2 Å². The van der Waals surface area contributed by atoms with E-state index in [1.165, 1.54) is 44.9 Å². The molecule has 3 rings (SSSR count). The second-order valence-electron chi connectivity index (χ2n) is 7.82. The van der Waals surface area contributed by atoms with Crippen LogP contribution in [0, 0.1) is 5.92 Å². The van der Waals surface area contributed by atoms with E-state index in [2.05, 4.69) is 5.32 Å². The Morgan fingerprint density at radius 1 is 1.14 bits per heavy atom. The van der Waals surface area contributed by atoms with Crippen molar-refractivity contribution in [2.24, 2.45) is 5.92 Å². The molecule has 3 unspecified atom stereocenters. The zero-order valence-corrected chi connectivity index (χ0v) is 16.1. The third-order valence-corrected chi connectivity index (χ3v) is 5.84. The number of alkyl halides is 3. The molecule has 0 aromatic heterocycles. The lowest BCUT2D eigenvalue weighted by atomic mass is 9.91. The fraction of sp³-hybridized carbons (Fsp3) is 0.667. The van der Waals surface area contributed by atoms with Crippen LogP contribution in [0.1, 0.15) is 62.2 Å². The minimum absolute atomic E-state index is 0.0197. The first-order valence-corrected chi connectivity index (χ1v) is 9.99. The molecule has 1 aromatic rings. The standard InChI is InChI=1S/C21H28F3NO3/c1-27-19(26)12-17-10-11-18(25-13-14-4-2-3-5-14)20(28-17)15-6-8-16(9-7-15)21(22,23)24/h6-9,14,17-18,20,25H,2-5,10-13H2,1H3. The van der Waals surface area contributed by atoms with Gasteiger partial charge in [0.25, 0.3) is 0 Å². The van der Waals surface area contributed by atoms with Crippen molar-refractivity contribution in [1.29, 1.82) is 0 Å². The predicted octanol–water partition coefficient (Wildman–Crippen LogP) is 4.64. The Hall–Kier alpha value is -1.60. The molecule has 1 heterocycles. The van der Waals surface area contributed by atoms with Crippen molar-refractivity contribution in [3.63, 3.8) is 0 Å². The lowest BCUT2D eigenvalue weighted by Gasteiger charge is -2.37. The van der Waals surface area contributed by atoms with Gasteiger partial charge in [-0.25, -0.2) is 0 Å². The molecule has 28 heavy (non-hydrogen) atoms. The van der Waals surface area contributed by atoms with E-state index in [0.717, 1.165) is 25.1 Å². The second kappa shape index (κ2) is 9.27. The second-order valence-corrected chi connectivity index (χ2v) is 7.82. The van der Waals surface area contributed by atoms with Crippen molar-refractivity contribution in [2.45, 2.75) is 69.4 Å². The zero-order chi connectivity index (χ0) is 20.1. The van der Waals surface area contributed by atoms with E-state index in [0.29, 0.717) is 17.9 Å². The van der Waals surface area contributed by atoms with Crippen molar-refractivity contribution in [2.75, 3.05) is 13.7 Å². The highest BCUT2D eigenvalue weighted by molar-refractivity contribution is 5.69. The Bertz CT molecular complexity index is 641. The van der Waals surface area contributed by atoms with Crippen LogP contribution in [0.3, 0.4) is 0 Å². The normalized spacial score (nSPS) is 26.4. The van der Waals surface area contributed by atoms with E-state index in [9.17, 15) is 18.0 Å². The van der Waals surface area contributed by atoms with Gasteiger partial charge in [0.2, 0.25) is 0 Å². The molecular formula is C21H28F3NO3. The number of carbonyl (C=O) groups excluding carboxylic acids is 1. The maximum atomic E-state index is 12.9. The van der Waals surface area contributed by atoms with Crippen LogP contribution in [0.2, 0.25) is 0 Å². The van der Waals surface area contributed by atoms with Crippen molar-refractivity contribution in [3.05, 3.63) is 35.4 Å². The summed E-state index contributed by atoms with van der Waals surface area (Å²) >= 11 is 0. The van der Waals surface area contributed by atoms with Gasteiger partial charge in [-0.15, -0.1) is 0 Å². The molecule has 7 heteroatoms. The van der Waals surface area contributed by atoms with Crippen LogP contribution < -0.4 is 5.32 Å². The highest BCUT2D eigenvalue weighted by Gasteiger charge is 2.35. The Labute approximate surface area is 163 Å². The highest BCUT2D eigenvalue weighted by atomic mass is 19.4. The SMILES string of the molecule is COC(=O)CC1CCC(NCC2CCCC2)C(c2ccc(C(F)(F)F)cc2)O1. The van der Waals surface area contributed by atoms with Gasteiger partial charge in [0, 0.05) is 6.04 Å². The summed E-state index contributed by atoms with van der Waals surface area (Å²) < 4.78 is 49.5. The Balaban J connectivity index is 1.71. The summed E-state index contributed by atoms with van der Waals surface area (Å²) in [7, 11) is 1.34. The van der Waals surface area contributed by atoms with Gasteiger partial charge in [0.05, 0.1) is 31.3 Å². The largest absolute Gasteiger partial charge is 0.469 e. The van der Waals surface area contributed by atoms with E-state index in [-0.39, 0.29) is 30.6 Å². The number of hydrogen-bond donors (Lipinski definition) is 1. The number of esters is 1. The molecule has 0 spiro atoms. The van der Waals surface area contributed by atoms with Crippen LogP contribution in [-0.2, 0) is 20.4 Å². The fourth-order valence-corrected chi connectivity index (χ4v) is 4.22. The first-order valence-electron chi connectivity index (χ1n) is 9.99. The van der Waals surface area contributed by atoms with Gasteiger partial charge in [-0.1, -0.05) is 25.0 Å². The number of benzene rings is 1. The van der Waals surface area contributed by atoms with Gasteiger partial charge >= 0.3 is 12.1 Å². The molecule has 1 aromatic carbocycles. The molecule has 1 aliphatic carbocycles. The van der Waals surface area contributed by atoms with Gasteiger partial charge in [0.1, 0.15) is 0 Å². The zero-order valence-electron chi connectivity index (χ0n) is 16.1. The summed E-state index contributed by atoms with van der Waals surface area (Å²) in [6.07, 6.45) is 1.61. The maximum absolute atomic E-state index is 12.9. The van der Waals surface area contributed by atoms with Crippen molar-refractivity contribution >= 4 is 5.97 Å². The number of nitrogens with one attached hydrogen (secondary N) is 1. The highest BCUT2D eigenvalue weighted by Crippen LogP contribution is 2.36. The fourth-order valence-electron chi connectivity index (χ4n) is 4.22.